The molecule has 0 radical (unpaired) electrons. The third-order valence-electron chi connectivity index (χ3n) is 2.28. The lowest BCUT2D eigenvalue weighted by atomic mass is 10.1. The molecule has 0 heterocycles. The van der Waals surface area contributed by atoms with Crippen molar-refractivity contribution in [2.45, 2.75) is 31.7 Å². The second kappa shape index (κ2) is 3.75. The molecule has 0 aromatic heterocycles. The summed E-state index contributed by atoms with van der Waals surface area (Å²) in [6.45, 7) is 0. The first-order valence-electron chi connectivity index (χ1n) is 4.42. The van der Waals surface area contributed by atoms with E-state index in [0.717, 1.165) is 12.8 Å². The number of sulfone groups is 1. The van der Waals surface area contributed by atoms with Crippen LogP contribution < -0.4 is 5.73 Å². The topological polar surface area (TPSA) is 60.2 Å². The molecule has 0 aromatic carbocycles. The summed E-state index contributed by atoms with van der Waals surface area (Å²) in [4.78, 5) is 0. The molecule has 1 saturated carbocycles. The van der Waals surface area contributed by atoms with Crippen LogP contribution in [0.1, 0.15) is 25.7 Å². The van der Waals surface area contributed by atoms with Crippen LogP contribution in [-0.4, -0.2) is 26.5 Å². The lowest BCUT2D eigenvalue weighted by Crippen LogP contribution is -2.23. The zero-order valence-electron chi connectivity index (χ0n) is 7.49. The van der Waals surface area contributed by atoms with Crippen molar-refractivity contribution in [1.29, 1.82) is 0 Å². The van der Waals surface area contributed by atoms with Crippen LogP contribution in [0.15, 0.2) is 0 Å². The molecule has 0 spiro atoms. The molecule has 1 rings (SSSR count). The molecule has 1 aliphatic carbocycles. The monoisotopic (exact) mass is 191 g/mol. The van der Waals surface area contributed by atoms with Crippen molar-refractivity contribution in [3.8, 4) is 0 Å². The molecule has 0 aromatic rings. The maximum absolute atomic E-state index is 10.8. The Morgan fingerprint density at radius 1 is 1.50 bits per heavy atom. The van der Waals surface area contributed by atoms with Crippen LogP contribution >= 0.6 is 0 Å². The van der Waals surface area contributed by atoms with E-state index in [0.29, 0.717) is 5.92 Å². The molecule has 0 bridgehead atoms. The number of nitrogens with two attached hydrogens (primary N) is 1. The number of hydrogen-bond acceptors (Lipinski definition) is 3. The first-order chi connectivity index (χ1) is 5.49. The van der Waals surface area contributed by atoms with Crippen LogP contribution in [0.4, 0.5) is 0 Å². The summed E-state index contributed by atoms with van der Waals surface area (Å²) < 4.78 is 21.5. The highest BCUT2D eigenvalue weighted by Crippen LogP contribution is 2.33. The summed E-state index contributed by atoms with van der Waals surface area (Å²) >= 11 is 0. The summed E-state index contributed by atoms with van der Waals surface area (Å²) in [5.41, 5.74) is 5.81. The summed E-state index contributed by atoms with van der Waals surface area (Å²) in [5.74, 6) is 0.970. The van der Waals surface area contributed by atoms with Crippen molar-refractivity contribution >= 4 is 9.84 Å². The summed E-state index contributed by atoms with van der Waals surface area (Å²) in [6.07, 6.45) is 5.32. The Morgan fingerprint density at radius 2 is 2.08 bits per heavy atom. The van der Waals surface area contributed by atoms with Crippen LogP contribution in [-0.2, 0) is 9.84 Å². The Morgan fingerprint density at radius 3 is 2.50 bits per heavy atom. The first-order valence-corrected chi connectivity index (χ1v) is 6.48. The van der Waals surface area contributed by atoms with Crippen LogP contribution in [0, 0.1) is 5.92 Å². The third kappa shape index (κ3) is 4.07. The molecule has 1 unspecified atom stereocenters. The van der Waals surface area contributed by atoms with E-state index in [1.807, 2.05) is 0 Å². The molecular formula is C8H17NO2S. The van der Waals surface area contributed by atoms with Crippen molar-refractivity contribution in [2.75, 3.05) is 12.0 Å². The van der Waals surface area contributed by atoms with Crippen molar-refractivity contribution in [2.24, 2.45) is 11.7 Å². The minimum absolute atomic E-state index is 0.242. The van der Waals surface area contributed by atoms with Gasteiger partial charge in [-0.05, 0) is 31.6 Å². The van der Waals surface area contributed by atoms with Gasteiger partial charge in [0, 0.05) is 18.1 Å². The van der Waals surface area contributed by atoms with Crippen LogP contribution in [0.25, 0.3) is 0 Å². The van der Waals surface area contributed by atoms with Gasteiger partial charge < -0.3 is 5.73 Å². The van der Waals surface area contributed by atoms with E-state index in [2.05, 4.69) is 0 Å². The van der Waals surface area contributed by atoms with Crippen LogP contribution in [0.2, 0.25) is 0 Å². The highest BCUT2D eigenvalue weighted by Gasteiger charge is 2.27. The summed E-state index contributed by atoms with van der Waals surface area (Å²) in [7, 11) is -2.78. The normalized spacial score (nSPS) is 20.8. The second-order valence-corrected chi connectivity index (χ2v) is 6.03. The average Bonchev–Trinajstić information content (AvgIpc) is 2.64. The molecule has 0 saturated heterocycles. The zero-order chi connectivity index (χ0) is 9.19. The van der Waals surface area contributed by atoms with Gasteiger partial charge in [-0.15, -0.1) is 0 Å². The maximum Gasteiger partial charge on any atom is 0.147 e. The largest absolute Gasteiger partial charge is 0.327 e. The quantitative estimate of drug-likeness (QED) is 0.690. The zero-order valence-corrected chi connectivity index (χ0v) is 8.31. The van der Waals surface area contributed by atoms with Gasteiger partial charge in [0.1, 0.15) is 9.84 Å². The van der Waals surface area contributed by atoms with Crippen molar-refractivity contribution in [3.05, 3.63) is 0 Å². The van der Waals surface area contributed by atoms with Gasteiger partial charge in [0.25, 0.3) is 0 Å². The molecule has 1 aliphatic rings. The molecule has 2 N–H and O–H groups in total. The van der Waals surface area contributed by atoms with E-state index in [1.165, 1.54) is 19.1 Å². The van der Waals surface area contributed by atoms with Crippen molar-refractivity contribution in [1.82, 2.24) is 0 Å². The minimum atomic E-state index is -2.78. The standard InChI is InChI=1S/C8H17NO2S/c1-12(10,11)6-2-3-8(9)7-4-5-7/h7-8H,2-6,9H2,1H3. The maximum atomic E-state index is 10.8. The number of rotatable bonds is 5. The molecule has 72 valence electrons. The molecule has 3 nitrogen and oxygen atoms in total. The van der Waals surface area contributed by atoms with E-state index in [4.69, 9.17) is 5.73 Å². The SMILES string of the molecule is CS(=O)(=O)CCCC(N)C1CC1. The fourth-order valence-corrected chi connectivity index (χ4v) is 2.03. The predicted octanol–water partition coefficient (Wildman–Crippen LogP) is 0.549. The van der Waals surface area contributed by atoms with Gasteiger partial charge >= 0.3 is 0 Å². The van der Waals surface area contributed by atoms with E-state index < -0.39 is 9.84 Å². The van der Waals surface area contributed by atoms with Gasteiger partial charge in [-0.3, -0.25) is 0 Å². The van der Waals surface area contributed by atoms with Gasteiger partial charge in [-0.25, -0.2) is 8.42 Å². The fraction of sp³-hybridized carbons (Fsp3) is 1.00. The highest BCUT2D eigenvalue weighted by molar-refractivity contribution is 7.90. The molecule has 12 heavy (non-hydrogen) atoms. The smallest absolute Gasteiger partial charge is 0.147 e. The van der Waals surface area contributed by atoms with Crippen LogP contribution in [0.3, 0.4) is 0 Å². The minimum Gasteiger partial charge on any atom is -0.327 e. The van der Waals surface area contributed by atoms with Crippen molar-refractivity contribution < 1.29 is 8.42 Å². The molecule has 4 heteroatoms. The van der Waals surface area contributed by atoms with E-state index in [9.17, 15) is 8.42 Å². The third-order valence-corrected chi connectivity index (χ3v) is 3.31. The van der Waals surface area contributed by atoms with Crippen molar-refractivity contribution in [3.63, 3.8) is 0 Å². The van der Waals surface area contributed by atoms with E-state index in [1.54, 1.807) is 0 Å². The number of hydrogen-bond donors (Lipinski definition) is 1. The van der Waals surface area contributed by atoms with Crippen LogP contribution in [0.5, 0.6) is 0 Å². The lowest BCUT2D eigenvalue weighted by Gasteiger charge is -2.08. The van der Waals surface area contributed by atoms with Gasteiger partial charge in [0.2, 0.25) is 0 Å². The molecule has 0 aliphatic heterocycles. The summed E-state index contributed by atoms with van der Waals surface area (Å²) in [5, 5.41) is 0. The Hall–Kier alpha value is -0.0900. The Bertz CT molecular complexity index is 231. The van der Waals surface area contributed by atoms with Gasteiger partial charge in [0.15, 0.2) is 0 Å². The molecule has 1 atom stereocenters. The molecule has 0 amide bonds. The highest BCUT2D eigenvalue weighted by atomic mass is 32.2. The Labute approximate surface area is 74.3 Å². The average molecular weight is 191 g/mol. The lowest BCUT2D eigenvalue weighted by molar-refractivity contribution is 0.537. The Kier molecular flexibility index (Phi) is 3.12. The Balaban J connectivity index is 2.09. The summed E-state index contributed by atoms with van der Waals surface area (Å²) in [6, 6.07) is 0.242. The van der Waals surface area contributed by atoms with Gasteiger partial charge in [0.05, 0.1) is 0 Å². The van der Waals surface area contributed by atoms with Gasteiger partial charge in [-0.1, -0.05) is 0 Å². The second-order valence-electron chi connectivity index (χ2n) is 3.77. The first kappa shape index (κ1) is 9.99. The predicted molar refractivity (Wildman–Crippen MR) is 49.6 cm³/mol. The molecule has 1 fully saturated rings. The van der Waals surface area contributed by atoms with E-state index >= 15 is 0 Å². The van der Waals surface area contributed by atoms with E-state index in [-0.39, 0.29) is 11.8 Å². The molecular weight excluding hydrogens is 174 g/mol. The van der Waals surface area contributed by atoms with Gasteiger partial charge in [-0.2, -0.15) is 0 Å². The fourth-order valence-electron chi connectivity index (χ4n) is 1.34.